The van der Waals surface area contributed by atoms with E-state index in [1.54, 1.807) is 35.0 Å². The molecule has 5 nitrogen and oxygen atoms in total. The van der Waals surface area contributed by atoms with Gasteiger partial charge in [-0.1, -0.05) is 18.2 Å². The first-order chi connectivity index (χ1) is 15.1. The summed E-state index contributed by atoms with van der Waals surface area (Å²) >= 11 is 0. The molecule has 4 aromatic rings. The van der Waals surface area contributed by atoms with E-state index < -0.39 is 0 Å². The zero-order valence-corrected chi connectivity index (χ0v) is 17.2. The van der Waals surface area contributed by atoms with Crippen LogP contribution in [0.1, 0.15) is 11.3 Å². The number of pyridine rings is 1. The summed E-state index contributed by atoms with van der Waals surface area (Å²) in [5.74, 6) is 0.0898. The van der Waals surface area contributed by atoms with Gasteiger partial charge in [0.1, 0.15) is 18.2 Å². The van der Waals surface area contributed by atoms with Crippen molar-refractivity contribution in [3.8, 4) is 11.4 Å². The minimum absolute atomic E-state index is 0.0705. The number of halogens is 1. The standard InChI is InChI=1S/C25H22FN3O2/c1-27-10-8-21-15-19-14-20(6-7-24(19)28(21)13-12-27)29-11-9-22(16-25(29)30)31-17-18-4-2-3-5-23(18)26/h2-7,9,11-16H,8,10,17H2,1H3. The minimum Gasteiger partial charge on any atom is -0.489 e. The smallest absolute Gasteiger partial charge is 0.258 e. The van der Waals surface area contributed by atoms with Crippen LogP contribution in [0.15, 0.2) is 77.9 Å². The molecule has 0 amide bonds. The SMILES string of the molecule is CN1C=Cn2c(cc3cc(-n4ccc(OCc5ccccc5F)cc4=O)ccc32)CC1. The lowest BCUT2D eigenvalue weighted by Crippen LogP contribution is -2.16. The molecule has 31 heavy (non-hydrogen) atoms. The van der Waals surface area contributed by atoms with Crippen molar-refractivity contribution < 1.29 is 9.13 Å². The molecular weight excluding hydrogens is 393 g/mol. The van der Waals surface area contributed by atoms with Gasteiger partial charge in [-0.3, -0.25) is 9.36 Å². The third-order valence-corrected chi connectivity index (χ3v) is 5.61. The first-order valence-electron chi connectivity index (χ1n) is 10.2. The van der Waals surface area contributed by atoms with E-state index in [-0.39, 0.29) is 18.0 Å². The Labute approximate surface area is 179 Å². The van der Waals surface area contributed by atoms with Gasteiger partial charge < -0.3 is 14.2 Å². The molecule has 1 aliphatic rings. The summed E-state index contributed by atoms with van der Waals surface area (Å²) in [6.07, 6.45) is 6.81. The first kappa shape index (κ1) is 19.2. The molecule has 0 spiro atoms. The Balaban J connectivity index is 1.42. The number of aromatic nitrogens is 2. The van der Waals surface area contributed by atoms with Gasteiger partial charge in [0.15, 0.2) is 0 Å². The van der Waals surface area contributed by atoms with E-state index in [4.69, 9.17) is 4.74 Å². The molecule has 5 rings (SSSR count). The van der Waals surface area contributed by atoms with Gasteiger partial charge in [-0.15, -0.1) is 0 Å². The predicted octanol–water partition coefficient (Wildman–Crippen LogP) is 4.43. The molecule has 0 radical (unpaired) electrons. The van der Waals surface area contributed by atoms with Crippen LogP contribution in [-0.2, 0) is 13.0 Å². The number of likely N-dealkylation sites (N-methyl/N-ethyl adjacent to an activating group) is 1. The van der Waals surface area contributed by atoms with Crippen molar-refractivity contribution in [1.82, 2.24) is 14.0 Å². The maximum atomic E-state index is 13.8. The monoisotopic (exact) mass is 415 g/mol. The van der Waals surface area contributed by atoms with Gasteiger partial charge >= 0.3 is 0 Å². The van der Waals surface area contributed by atoms with Crippen molar-refractivity contribution in [1.29, 1.82) is 0 Å². The lowest BCUT2D eigenvalue weighted by Gasteiger charge is -2.10. The fourth-order valence-electron chi connectivity index (χ4n) is 3.89. The molecule has 0 N–H and O–H groups in total. The Bertz CT molecular complexity index is 1350. The number of ether oxygens (including phenoxy) is 1. The molecule has 0 saturated heterocycles. The van der Waals surface area contributed by atoms with Gasteiger partial charge in [0.05, 0.1) is 5.52 Å². The summed E-state index contributed by atoms with van der Waals surface area (Å²) in [5, 5.41) is 1.09. The van der Waals surface area contributed by atoms with E-state index in [0.717, 1.165) is 29.6 Å². The van der Waals surface area contributed by atoms with Gasteiger partial charge in [-0.25, -0.2) is 4.39 Å². The molecule has 1 aliphatic heterocycles. The topological polar surface area (TPSA) is 39.4 Å². The average Bonchev–Trinajstić information content (AvgIpc) is 3.02. The summed E-state index contributed by atoms with van der Waals surface area (Å²) in [6, 6.07) is 17.8. The molecule has 3 heterocycles. The maximum Gasteiger partial charge on any atom is 0.258 e. The van der Waals surface area contributed by atoms with Crippen molar-refractivity contribution in [3.05, 3.63) is 100 Å². The molecule has 0 fully saturated rings. The lowest BCUT2D eigenvalue weighted by molar-refractivity contribution is 0.299. The van der Waals surface area contributed by atoms with Crippen molar-refractivity contribution in [2.24, 2.45) is 0 Å². The van der Waals surface area contributed by atoms with Gasteiger partial charge in [-0.2, -0.15) is 0 Å². The molecular formula is C25H22FN3O2. The third-order valence-electron chi connectivity index (χ3n) is 5.61. The summed E-state index contributed by atoms with van der Waals surface area (Å²) in [4.78, 5) is 14.9. The van der Waals surface area contributed by atoms with Crippen molar-refractivity contribution in [2.45, 2.75) is 13.0 Å². The lowest BCUT2D eigenvalue weighted by atomic mass is 10.2. The molecule has 2 aromatic carbocycles. The second-order valence-corrected chi connectivity index (χ2v) is 7.73. The fourth-order valence-corrected chi connectivity index (χ4v) is 3.89. The summed E-state index contributed by atoms with van der Waals surface area (Å²) in [7, 11) is 2.07. The highest BCUT2D eigenvalue weighted by Crippen LogP contribution is 2.25. The van der Waals surface area contributed by atoms with Gasteiger partial charge in [-0.05, 0) is 36.4 Å². The number of benzene rings is 2. The van der Waals surface area contributed by atoms with Gasteiger partial charge in [0.2, 0.25) is 0 Å². The Morgan fingerprint density at radius 2 is 1.90 bits per heavy atom. The Hall–Kier alpha value is -3.80. The quantitative estimate of drug-likeness (QED) is 0.495. The van der Waals surface area contributed by atoms with Crippen molar-refractivity contribution >= 4 is 17.1 Å². The van der Waals surface area contributed by atoms with Crippen LogP contribution in [0.25, 0.3) is 22.8 Å². The predicted molar refractivity (Wildman–Crippen MR) is 120 cm³/mol. The second kappa shape index (κ2) is 7.80. The van der Waals surface area contributed by atoms with E-state index in [1.165, 1.54) is 17.8 Å². The van der Waals surface area contributed by atoms with Crippen LogP contribution in [0, 0.1) is 5.82 Å². The van der Waals surface area contributed by atoms with Crippen LogP contribution in [-0.4, -0.2) is 27.6 Å². The largest absolute Gasteiger partial charge is 0.489 e. The van der Waals surface area contributed by atoms with Crippen LogP contribution in [0.3, 0.4) is 0 Å². The van der Waals surface area contributed by atoms with Crippen LogP contribution in [0.2, 0.25) is 0 Å². The fraction of sp³-hybridized carbons (Fsp3) is 0.160. The second-order valence-electron chi connectivity index (χ2n) is 7.73. The van der Waals surface area contributed by atoms with Crippen LogP contribution < -0.4 is 10.3 Å². The van der Waals surface area contributed by atoms with Crippen molar-refractivity contribution in [2.75, 3.05) is 13.6 Å². The third kappa shape index (κ3) is 3.72. The van der Waals surface area contributed by atoms with E-state index in [0.29, 0.717) is 11.3 Å². The molecule has 0 atom stereocenters. The number of hydrogen-bond donors (Lipinski definition) is 0. The highest BCUT2D eigenvalue weighted by molar-refractivity contribution is 5.85. The van der Waals surface area contributed by atoms with E-state index >= 15 is 0 Å². The number of rotatable bonds is 4. The highest BCUT2D eigenvalue weighted by Gasteiger charge is 2.12. The van der Waals surface area contributed by atoms with Crippen LogP contribution >= 0.6 is 0 Å². The molecule has 0 aliphatic carbocycles. The van der Waals surface area contributed by atoms with Crippen LogP contribution in [0.5, 0.6) is 5.75 Å². The summed E-state index contributed by atoms with van der Waals surface area (Å²) < 4.78 is 23.2. The normalized spacial score (nSPS) is 13.3. The zero-order chi connectivity index (χ0) is 21.4. The Morgan fingerprint density at radius 3 is 2.74 bits per heavy atom. The number of hydrogen-bond acceptors (Lipinski definition) is 3. The Morgan fingerprint density at radius 1 is 1.03 bits per heavy atom. The molecule has 0 unspecified atom stereocenters. The molecule has 0 saturated carbocycles. The zero-order valence-electron chi connectivity index (χ0n) is 17.2. The maximum absolute atomic E-state index is 13.8. The average molecular weight is 415 g/mol. The molecule has 6 heteroatoms. The van der Waals surface area contributed by atoms with E-state index in [9.17, 15) is 9.18 Å². The summed E-state index contributed by atoms with van der Waals surface area (Å²) in [6.45, 7) is 1.04. The van der Waals surface area contributed by atoms with Crippen LogP contribution in [0.4, 0.5) is 4.39 Å². The first-order valence-corrected chi connectivity index (χ1v) is 10.2. The molecule has 2 aromatic heterocycles. The number of fused-ring (bicyclic) bond motifs is 3. The highest BCUT2D eigenvalue weighted by atomic mass is 19.1. The van der Waals surface area contributed by atoms with E-state index in [1.807, 2.05) is 18.2 Å². The van der Waals surface area contributed by atoms with Gasteiger partial charge in [0, 0.05) is 67.0 Å². The van der Waals surface area contributed by atoms with Crippen molar-refractivity contribution in [3.63, 3.8) is 0 Å². The van der Waals surface area contributed by atoms with E-state index in [2.05, 4.69) is 35.0 Å². The molecule has 0 bridgehead atoms. The molecule has 156 valence electrons. The van der Waals surface area contributed by atoms with Gasteiger partial charge in [0.25, 0.3) is 5.56 Å². The summed E-state index contributed by atoms with van der Waals surface area (Å²) in [5.41, 5.74) is 3.40. The number of nitrogens with zero attached hydrogens (tertiary/aromatic N) is 3. The Kier molecular flexibility index (Phi) is 4.82. The minimum atomic E-state index is -0.323.